The highest BCUT2D eigenvalue weighted by molar-refractivity contribution is 5.83. The predicted molar refractivity (Wildman–Crippen MR) is 54.3 cm³/mol. The van der Waals surface area contributed by atoms with E-state index in [-0.39, 0.29) is 11.9 Å². The highest BCUT2D eigenvalue weighted by atomic mass is 16.3. The zero-order chi connectivity index (χ0) is 10.8. The Morgan fingerprint density at radius 3 is 3.20 bits per heavy atom. The van der Waals surface area contributed by atoms with Gasteiger partial charge in [-0.15, -0.1) is 0 Å². The molecule has 1 aliphatic heterocycles. The number of hydrogen-bond donors (Lipinski definition) is 1. The lowest BCUT2D eigenvalue weighted by molar-refractivity contribution is -0.133. The summed E-state index contributed by atoms with van der Waals surface area (Å²) < 4.78 is 5.28. The van der Waals surface area contributed by atoms with Crippen molar-refractivity contribution in [1.29, 1.82) is 0 Å². The molecule has 0 radical (unpaired) electrons. The molecule has 2 rings (SSSR count). The van der Waals surface area contributed by atoms with E-state index in [0.29, 0.717) is 12.3 Å². The highest BCUT2D eigenvalue weighted by Gasteiger charge is 2.32. The summed E-state index contributed by atoms with van der Waals surface area (Å²) in [6.45, 7) is 3.42. The molecule has 82 valence electrons. The van der Waals surface area contributed by atoms with Gasteiger partial charge in [-0.1, -0.05) is 0 Å². The average Bonchev–Trinajstić information content (AvgIpc) is 2.64. The number of aromatic nitrogens is 1. The van der Waals surface area contributed by atoms with Crippen molar-refractivity contribution in [1.82, 2.24) is 15.2 Å². The van der Waals surface area contributed by atoms with Crippen LogP contribution in [0.3, 0.4) is 0 Å². The summed E-state index contributed by atoms with van der Waals surface area (Å²) in [6.07, 6.45) is 2.17. The summed E-state index contributed by atoms with van der Waals surface area (Å²) in [5.74, 6) is 0.731. The summed E-state index contributed by atoms with van der Waals surface area (Å²) in [5, 5.41) is 2.98. The van der Waals surface area contributed by atoms with Gasteiger partial charge in [0.1, 0.15) is 6.04 Å². The second-order valence-electron chi connectivity index (χ2n) is 3.55. The first-order chi connectivity index (χ1) is 7.27. The van der Waals surface area contributed by atoms with Crippen LogP contribution in [0.15, 0.2) is 10.8 Å². The van der Waals surface area contributed by atoms with E-state index in [1.54, 1.807) is 7.05 Å². The minimum absolute atomic E-state index is 0.0653. The van der Waals surface area contributed by atoms with Crippen molar-refractivity contribution >= 4 is 5.91 Å². The van der Waals surface area contributed by atoms with E-state index in [1.807, 2.05) is 11.8 Å². The van der Waals surface area contributed by atoms with Gasteiger partial charge in [0.2, 0.25) is 5.91 Å². The molecule has 5 nitrogen and oxygen atoms in total. The smallest absolute Gasteiger partial charge is 0.247 e. The van der Waals surface area contributed by atoms with Crippen LogP contribution in [-0.4, -0.2) is 35.9 Å². The number of fused-ring (bicyclic) bond motifs is 1. The second-order valence-corrected chi connectivity index (χ2v) is 3.55. The third-order valence-electron chi connectivity index (χ3n) is 2.78. The van der Waals surface area contributed by atoms with E-state index < -0.39 is 0 Å². The maximum absolute atomic E-state index is 12.0. The largest absolute Gasteiger partial charge is 0.446 e. The van der Waals surface area contributed by atoms with E-state index in [2.05, 4.69) is 10.3 Å². The molecule has 1 N–H and O–H groups in total. The molecule has 1 atom stereocenters. The Labute approximate surface area is 88.5 Å². The van der Waals surface area contributed by atoms with Crippen LogP contribution in [0.2, 0.25) is 0 Å². The monoisotopic (exact) mass is 209 g/mol. The second kappa shape index (κ2) is 4.02. The molecule has 1 unspecified atom stereocenters. The first-order valence-electron chi connectivity index (χ1n) is 5.16. The van der Waals surface area contributed by atoms with Gasteiger partial charge in [0, 0.05) is 19.5 Å². The summed E-state index contributed by atoms with van der Waals surface area (Å²) >= 11 is 0. The lowest BCUT2D eigenvalue weighted by Gasteiger charge is -2.21. The molecule has 1 aromatic heterocycles. The lowest BCUT2D eigenvalue weighted by atomic mass is 10.1. The van der Waals surface area contributed by atoms with Crippen LogP contribution in [0.5, 0.6) is 0 Å². The van der Waals surface area contributed by atoms with E-state index in [9.17, 15) is 4.79 Å². The Kier molecular flexibility index (Phi) is 2.73. The summed E-state index contributed by atoms with van der Waals surface area (Å²) in [7, 11) is 1.76. The SMILES string of the molecule is CCN1CCc2ncoc2C(NC)C1=O. The zero-order valence-corrected chi connectivity index (χ0v) is 8.99. The molecule has 0 aliphatic carbocycles. The van der Waals surface area contributed by atoms with Crippen molar-refractivity contribution in [2.24, 2.45) is 0 Å². The molecular weight excluding hydrogens is 194 g/mol. The number of hydrogen-bond acceptors (Lipinski definition) is 4. The van der Waals surface area contributed by atoms with Gasteiger partial charge in [-0.3, -0.25) is 4.79 Å². The predicted octanol–water partition coefficient (Wildman–Crippen LogP) is 0.340. The normalized spacial score (nSPS) is 21.3. The van der Waals surface area contributed by atoms with Crippen LogP contribution in [0.4, 0.5) is 0 Å². The van der Waals surface area contributed by atoms with Gasteiger partial charge in [-0.25, -0.2) is 4.98 Å². The average molecular weight is 209 g/mol. The Morgan fingerprint density at radius 1 is 1.73 bits per heavy atom. The number of rotatable bonds is 2. The number of nitrogens with zero attached hydrogens (tertiary/aromatic N) is 2. The number of carbonyl (C=O) groups is 1. The Hall–Kier alpha value is -1.36. The molecule has 15 heavy (non-hydrogen) atoms. The third kappa shape index (κ3) is 1.63. The van der Waals surface area contributed by atoms with Crippen molar-refractivity contribution in [3.8, 4) is 0 Å². The molecule has 0 saturated carbocycles. The number of nitrogens with one attached hydrogen (secondary N) is 1. The molecule has 0 saturated heterocycles. The van der Waals surface area contributed by atoms with Crippen molar-refractivity contribution in [2.45, 2.75) is 19.4 Å². The Balaban J connectivity index is 2.35. The van der Waals surface area contributed by atoms with Crippen molar-refractivity contribution < 1.29 is 9.21 Å². The molecule has 2 heterocycles. The number of carbonyl (C=O) groups excluding carboxylic acids is 1. The third-order valence-corrected chi connectivity index (χ3v) is 2.78. The maximum Gasteiger partial charge on any atom is 0.247 e. The fourth-order valence-corrected chi connectivity index (χ4v) is 1.92. The molecule has 0 aromatic carbocycles. The summed E-state index contributed by atoms with van der Waals surface area (Å²) in [5.41, 5.74) is 0.888. The van der Waals surface area contributed by atoms with Gasteiger partial charge in [0.25, 0.3) is 0 Å². The maximum atomic E-state index is 12.0. The van der Waals surface area contributed by atoms with Gasteiger partial charge >= 0.3 is 0 Å². The highest BCUT2D eigenvalue weighted by Crippen LogP contribution is 2.23. The fraction of sp³-hybridized carbons (Fsp3) is 0.600. The molecule has 0 spiro atoms. The Morgan fingerprint density at radius 2 is 2.53 bits per heavy atom. The Bertz CT molecular complexity index is 361. The van der Waals surface area contributed by atoms with Crippen molar-refractivity contribution in [3.05, 3.63) is 17.8 Å². The summed E-state index contributed by atoms with van der Waals surface area (Å²) in [4.78, 5) is 18.0. The lowest BCUT2D eigenvalue weighted by Crippen LogP contribution is -2.38. The van der Waals surface area contributed by atoms with Crippen LogP contribution >= 0.6 is 0 Å². The standard InChI is InChI=1S/C10H15N3O2/c1-3-13-5-4-7-9(15-6-12-7)8(11-2)10(13)14/h6,8,11H,3-5H2,1-2H3. The van der Waals surface area contributed by atoms with E-state index >= 15 is 0 Å². The molecule has 5 heteroatoms. The minimum Gasteiger partial charge on any atom is -0.446 e. The van der Waals surface area contributed by atoms with Crippen LogP contribution in [0.25, 0.3) is 0 Å². The van der Waals surface area contributed by atoms with Crippen LogP contribution < -0.4 is 5.32 Å². The fourth-order valence-electron chi connectivity index (χ4n) is 1.92. The molecule has 0 bridgehead atoms. The summed E-state index contributed by atoms with van der Waals surface area (Å²) in [6, 6.07) is -0.384. The van der Waals surface area contributed by atoms with Gasteiger partial charge in [-0.05, 0) is 14.0 Å². The van der Waals surface area contributed by atoms with Crippen molar-refractivity contribution in [3.63, 3.8) is 0 Å². The molecule has 1 amide bonds. The quantitative estimate of drug-likeness (QED) is 0.763. The van der Waals surface area contributed by atoms with Gasteiger partial charge in [0.15, 0.2) is 12.2 Å². The van der Waals surface area contributed by atoms with Gasteiger partial charge in [-0.2, -0.15) is 0 Å². The molecule has 1 aliphatic rings. The minimum atomic E-state index is -0.384. The van der Waals surface area contributed by atoms with E-state index in [1.165, 1.54) is 6.39 Å². The molecule has 0 fully saturated rings. The number of likely N-dealkylation sites (N-methyl/N-ethyl adjacent to an activating group) is 2. The zero-order valence-electron chi connectivity index (χ0n) is 8.99. The topological polar surface area (TPSA) is 58.4 Å². The van der Waals surface area contributed by atoms with E-state index in [4.69, 9.17) is 4.42 Å². The van der Waals surface area contributed by atoms with Crippen LogP contribution in [0.1, 0.15) is 24.4 Å². The van der Waals surface area contributed by atoms with Gasteiger partial charge in [0.05, 0.1) is 5.69 Å². The number of oxazole rings is 1. The molecule has 1 aromatic rings. The first-order valence-corrected chi connectivity index (χ1v) is 5.16. The van der Waals surface area contributed by atoms with Crippen LogP contribution in [-0.2, 0) is 11.2 Å². The first kappa shape index (κ1) is 10.2. The molecular formula is C10H15N3O2. The van der Waals surface area contributed by atoms with Crippen molar-refractivity contribution in [2.75, 3.05) is 20.1 Å². The van der Waals surface area contributed by atoms with E-state index in [0.717, 1.165) is 18.7 Å². The van der Waals surface area contributed by atoms with Gasteiger partial charge < -0.3 is 14.6 Å². The van der Waals surface area contributed by atoms with Crippen LogP contribution in [0, 0.1) is 0 Å². The number of amides is 1.